The minimum Gasteiger partial charge on any atom is -0.360 e. The highest BCUT2D eigenvalue weighted by atomic mass is 19.4. The number of carbonyl (C=O) groups is 3. The van der Waals surface area contributed by atoms with E-state index in [1.807, 2.05) is 0 Å². The van der Waals surface area contributed by atoms with Gasteiger partial charge in [-0.1, -0.05) is 30.4 Å². The molecule has 1 N–H and O–H groups in total. The quantitative estimate of drug-likeness (QED) is 0.644. The maximum absolute atomic E-state index is 12.9. The number of amides is 3. The number of para-hydroxylation sites is 1. The largest absolute Gasteiger partial charge is 0.471 e. The van der Waals surface area contributed by atoms with Gasteiger partial charge in [0, 0.05) is 0 Å². The van der Waals surface area contributed by atoms with E-state index in [9.17, 15) is 27.6 Å². The molecule has 0 unspecified atom stereocenters. The number of alkyl halides is 3. The Kier molecular flexibility index (Phi) is 3.49. The Bertz CT molecular complexity index is 823. The van der Waals surface area contributed by atoms with E-state index in [0.29, 0.717) is 5.69 Å². The van der Waals surface area contributed by atoms with Gasteiger partial charge in [0.05, 0.1) is 30.2 Å². The van der Waals surface area contributed by atoms with Crippen molar-refractivity contribution in [1.82, 2.24) is 5.32 Å². The molecule has 3 aliphatic rings. The van der Waals surface area contributed by atoms with Gasteiger partial charge in [-0.3, -0.25) is 14.4 Å². The molecule has 0 aromatic heterocycles. The molecular formula is C17H13F3N2O4. The van der Waals surface area contributed by atoms with Crippen molar-refractivity contribution in [3.8, 4) is 0 Å². The van der Waals surface area contributed by atoms with Crippen LogP contribution < -0.4 is 10.2 Å². The summed E-state index contributed by atoms with van der Waals surface area (Å²) in [5.41, 5.74) is -1.06. The first-order chi connectivity index (χ1) is 12.2. The molecule has 4 atom stereocenters. The standard InChI is InChI=1S/C17H13F3N2O4/c18-17(19,20)15(25)21-8-16-7-6-10(26-16)11-12(16)14(24)22(13(11)23)9-4-2-1-3-5-9/h1-7,10-12H,8H2,(H,21,25)/t10-,11-,12+,16-/m1/s1. The Hall–Kier alpha value is -2.68. The van der Waals surface area contributed by atoms with E-state index in [1.54, 1.807) is 41.7 Å². The van der Waals surface area contributed by atoms with Gasteiger partial charge in [0.1, 0.15) is 5.60 Å². The molecule has 1 aromatic rings. The van der Waals surface area contributed by atoms with Crippen LogP contribution in [0.1, 0.15) is 0 Å². The Labute approximate surface area is 145 Å². The van der Waals surface area contributed by atoms with Gasteiger partial charge < -0.3 is 10.1 Å². The fraction of sp³-hybridized carbons (Fsp3) is 0.353. The molecule has 26 heavy (non-hydrogen) atoms. The van der Waals surface area contributed by atoms with Crippen LogP contribution in [0.2, 0.25) is 0 Å². The smallest absolute Gasteiger partial charge is 0.360 e. The molecule has 2 bridgehead atoms. The van der Waals surface area contributed by atoms with Crippen LogP contribution in [-0.4, -0.2) is 42.1 Å². The first-order valence-corrected chi connectivity index (χ1v) is 7.90. The molecule has 0 aliphatic carbocycles. The van der Waals surface area contributed by atoms with Crippen molar-refractivity contribution in [1.29, 1.82) is 0 Å². The number of nitrogens with zero attached hydrogens (tertiary/aromatic N) is 1. The number of hydrogen-bond acceptors (Lipinski definition) is 4. The van der Waals surface area contributed by atoms with Gasteiger partial charge in [-0.05, 0) is 12.1 Å². The van der Waals surface area contributed by atoms with E-state index in [1.165, 1.54) is 6.08 Å². The van der Waals surface area contributed by atoms with E-state index in [2.05, 4.69) is 0 Å². The van der Waals surface area contributed by atoms with Crippen molar-refractivity contribution in [2.45, 2.75) is 17.9 Å². The molecule has 3 heterocycles. The van der Waals surface area contributed by atoms with Gasteiger partial charge in [0.2, 0.25) is 11.8 Å². The van der Waals surface area contributed by atoms with Crippen molar-refractivity contribution in [2.24, 2.45) is 11.8 Å². The Morgan fingerprint density at radius 3 is 2.54 bits per heavy atom. The van der Waals surface area contributed by atoms with Gasteiger partial charge in [-0.25, -0.2) is 4.90 Å². The Morgan fingerprint density at radius 2 is 1.88 bits per heavy atom. The zero-order valence-electron chi connectivity index (χ0n) is 13.2. The van der Waals surface area contributed by atoms with Crippen LogP contribution in [0.4, 0.5) is 18.9 Å². The normalized spacial score (nSPS) is 32.3. The second kappa shape index (κ2) is 5.41. The van der Waals surface area contributed by atoms with Crippen molar-refractivity contribution in [3.63, 3.8) is 0 Å². The number of ether oxygens (including phenoxy) is 1. The van der Waals surface area contributed by atoms with Crippen LogP contribution in [0.5, 0.6) is 0 Å². The third kappa shape index (κ3) is 2.27. The summed E-state index contributed by atoms with van der Waals surface area (Å²) in [5.74, 6) is -4.90. The van der Waals surface area contributed by atoms with Gasteiger partial charge >= 0.3 is 12.1 Å². The van der Waals surface area contributed by atoms with Crippen LogP contribution in [-0.2, 0) is 19.1 Å². The SMILES string of the molecule is O=C1[C@H]2[C@@H](C(=O)N1c1ccccc1)[C@]1(CNC(=O)C(F)(F)F)C=C[C@H]2O1. The first-order valence-electron chi connectivity index (χ1n) is 7.90. The number of benzene rings is 1. The molecule has 136 valence electrons. The summed E-state index contributed by atoms with van der Waals surface area (Å²) >= 11 is 0. The van der Waals surface area contributed by atoms with Crippen molar-refractivity contribution in [3.05, 3.63) is 42.5 Å². The zero-order valence-corrected chi connectivity index (χ0v) is 13.2. The number of fused-ring (bicyclic) bond motifs is 5. The Balaban J connectivity index is 1.62. The molecule has 0 spiro atoms. The van der Waals surface area contributed by atoms with Crippen LogP contribution in [0.25, 0.3) is 0 Å². The number of carbonyl (C=O) groups excluding carboxylic acids is 3. The molecule has 4 rings (SSSR count). The number of nitrogens with one attached hydrogen (secondary N) is 1. The van der Waals surface area contributed by atoms with Crippen molar-refractivity contribution in [2.75, 3.05) is 11.4 Å². The molecule has 3 amide bonds. The fourth-order valence-electron chi connectivity index (χ4n) is 3.86. The summed E-state index contributed by atoms with van der Waals surface area (Å²) in [6, 6.07) is 8.29. The summed E-state index contributed by atoms with van der Waals surface area (Å²) in [6.45, 7) is -0.541. The molecule has 0 saturated carbocycles. The number of anilines is 1. The number of imide groups is 1. The average molecular weight is 366 g/mol. The van der Waals surface area contributed by atoms with Gasteiger partial charge in [0.15, 0.2) is 0 Å². The highest BCUT2D eigenvalue weighted by Crippen LogP contribution is 2.52. The average Bonchev–Trinajstić information content (AvgIpc) is 3.23. The number of hydrogen-bond donors (Lipinski definition) is 1. The molecule has 0 radical (unpaired) electrons. The lowest BCUT2D eigenvalue weighted by Crippen LogP contribution is -2.51. The van der Waals surface area contributed by atoms with E-state index in [4.69, 9.17) is 4.74 Å². The van der Waals surface area contributed by atoms with E-state index in [0.717, 1.165) is 4.90 Å². The topological polar surface area (TPSA) is 75.7 Å². The summed E-state index contributed by atoms with van der Waals surface area (Å²) in [7, 11) is 0. The minimum absolute atomic E-state index is 0.394. The van der Waals surface area contributed by atoms with Crippen LogP contribution in [0, 0.1) is 11.8 Å². The second-order valence-electron chi connectivity index (χ2n) is 6.43. The van der Waals surface area contributed by atoms with Crippen molar-refractivity contribution >= 4 is 23.4 Å². The second-order valence-corrected chi connectivity index (χ2v) is 6.43. The minimum atomic E-state index is -5.04. The van der Waals surface area contributed by atoms with E-state index < -0.39 is 54.0 Å². The number of halogens is 3. The van der Waals surface area contributed by atoms with Crippen LogP contribution in [0.15, 0.2) is 42.5 Å². The molecule has 2 saturated heterocycles. The summed E-state index contributed by atoms with van der Waals surface area (Å²) in [4.78, 5) is 37.8. The van der Waals surface area contributed by atoms with Gasteiger partial charge in [0.25, 0.3) is 0 Å². The zero-order chi connectivity index (χ0) is 18.7. The molecule has 2 fully saturated rings. The summed E-state index contributed by atoms with van der Waals surface area (Å²) < 4.78 is 43.0. The highest BCUT2D eigenvalue weighted by Gasteiger charge is 2.68. The van der Waals surface area contributed by atoms with Gasteiger partial charge in [-0.2, -0.15) is 13.2 Å². The molecule has 1 aromatic carbocycles. The first kappa shape index (κ1) is 16.8. The molecule has 3 aliphatic heterocycles. The van der Waals surface area contributed by atoms with Crippen LogP contribution >= 0.6 is 0 Å². The molecule has 9 heteroatoms. The fourth-order valence-corrected chi connectivity index (χ4v) is 3.86. The van der Waals surface area contributed by atoms with Gasteiger partial charge in [-0.15, -0.1) is 0 Å². The lowest BCUT2D eigenvalue weighted by Gasteiger charge is -2.29. The third-order valence-electron chi connectivity index (χ3n) is 4.95. The monoisotopic (exact) mass is 366 g/mol. The molecular weight excluding hydrogens is 353 g/mol. The predicted molar refractivity (Wildman–Crippen MR) is 81.7 cm³/mol. The maximum Gasteiger partial charge on any atom is 0.471 e. The molecule has 6 nitrogen and oxygen atoms in total. The van der Waals surface area contributed by atoms with Crippen LogP contribution in [0.3, 0.4) is 0 Å². The lowest BCUT2D eigenvalue weighted by molar-refractivity contribution is -0.174. The number of rotatable bonds is 3. The maximum atomic E-state index is 12.9. The summed E-state index contributed by atoms with van der Waals surface area (Å²) in [5, 5.41) is 1.76. The Morgan fingerprint density at radius 1 is 1.19 bits per heavy atom. The summed E-state index contributed by atoms with van der Waals surface area (Å²) in [6.07, 6.45) is -2.72. The third-order valence-corrected chi connectivity index (χ3v) is 4.95. The predicted octanol–water partition coefficient (Wildman–Crippen LogP) is 1.18. The van der Waals surface area contributed by atoms with Crippen molar-refractivity contribution < 1.29 is 32.3 Å². The van der Waals surface area contributed by atoms with E-state index in [-0.39, 0.29) is 0 Å². The van der Waals surface area contributed by atoms with E-state index >= 15 is 0 Å². The highest BCUT2D eigenvalue weighted by molar-refractivity contribution is 6.23. The lowest BCUT2D eigenvalue weighted by atomic mass is 9.77.